The van der Waals surface area contributed by atoms with Crippen molar-refractivity contribution in [2.75, 3.05) is 5.12 Å². The molecule has 2 nitrogen and oxygen atoms in total. The van der Waals surface area contributed by atoms with Crippen LogP contribution in [0.4, 0.5) is 18.9 Å². The van der Waals surface area contributed by atoms with Crippen molar-refractivity contribution in [2.45, 2.75) is 6.17 Å². The quantitative estimate of drug-likeness (QED) is 0.406. The van der Waals surface area contributed by atoms with Crippen molar-refractivity contribution in [2.24, 2.45) is 0 Å². The van der Waals surface area contributed by atoms with Gasteiger partial charge in [0.25, 0.3) is 0 Å². The molecule has 0 radical (unpaired) electrons. The van der Waals surface area contributed by atoms with Gasteiger partial charge in [-0.15, -0.1) is 0 Å². The number of carbonyl (C=O) groups excluding carboxylic acids is 1. The summed E-state index contributed by atoms with van der Waals surface area (Å²) in [5, 5.41) is -0.324. The van der Waals surface area contributed by atoms with Gasteiger partial charge in [-0.3, -0.25) is 4.79 Å². The van der Waals surface area contributed by atoms with Gasteiger partial charge in [0.2, 0.25) is 5.95 Å². The van der Waals surface area contributed by atoms with E-state index in [1.807, 2.05) is 0 Å². The number of aldehydes is 1. The standard InChI is InChI=1S/C10H6F3NO/c11-9-6-3-1-2-4-8(6)14(13)10(12)7(9)5-15/h1-5,9H. The van der Waals surface area contributed by atoms with Gasteiger partial charge in [0.15, 0.2) is 12.5 Å². The first-order chi connectivity index (χ1) is 7.16. The van der Waals surface area contributed by atoms with Crippen molar-refractivity contribution < 1.29 is 18.1 Å². The summed E-state index contributed by atoms with van der Waals surface area (Å²) in [6.45, 7) is 0. The SMILES string of the molecule is O=CC1=C(F)N(F)c2ccccc2C1F. The third-order valence-corrected chi connectivity index (χ3v) is 2.23. The fourth-order valence-electron chi connectivity index (χ4n) is 1.48. The summed E-state index contributed by atoms with van der Waals surface area (Å²) in [7, 11) is 0. The van der Waals surface area contributed by atoms with Gasteiger partial charge in [-0.2, -0.15) is 9.51 Å². The van der Waals surface area contributed by atoms with E-state index in [1.54, 1.807) is 0 Å². The molecule has 0 N–H and O–H groups in total. The average Bonchev–Trinajstić information content (AvgIpc) is 2.27. The zero-order valence-corrected chi connectivity index (χ0v) is 7.45. The summed E-state index contributed by atoms with van der Waals surface area (Å²) in [6.07, 6.45) is -1.92. The molecule has 1 aromatic carbocycles. The number of para-hydroxylation sites is 1. The number of nitrogens with zero attached hydrogens (tertiary/aromatic N) is 1. The van der Waals surface area contributed by atoms with Gasteiger partial charge >= 0.3 is 0 Å². The maximum atomic E-state index is 13.5. The van der Waals surface area contributed by atoms with E-state index in [-0.39, 0.29) is 22.7 Å². The Balaban J connectivity index is 2.62. The summed E-state index contributed by atoms with van der Waals surface area (Å²) in [4.78, 5) is 10.4. The van der Waals surface area contributed by atoms with Crippen LogP contribution in [0.2, 0.25) is 0 Å². The number of rotatable bonds is 1. The highest BCUT2D eigenvalue weighted by molar-refractivity contribution is 5.80. The molecule has 1 aliphatic rings. The van der Waals surface area contributed by atoms with Gasteiger partial charge in [0, 0.05) is 5.56 Å². The van der Waals surface area contributed by atoms with E-state index in [0.717, 1.165) is 0 Å². The molecular formula is C10H6F3NO. The number of anilines is 1. The van der Waals surface area contributed by atoms with E-state index in [1.165, 1.54) is 24.3 Å². The Labute approximate surface area is 83.5 Å². The summed E-state index contributed by atoms with van der Waals surface area (Å²) < 4.78 is 39.9. The second kappa shape index (κ2) is 3.42. The van der Waals surface area contributed by atoms with E-state index in [2.05, 4.69) is 0 Å². The van der Waals surface area contributed by atoms with Gasteiger partial charge in [0.05, 0.1) is 11.3 Å². The zero-order valence-electron chi connectivity index (χ0n) is 7.45. The van der Waals surface area contributed by atoms with Crippen LogP contribution in [0.15, 0.2) is 35.8 Å². The molecule has 2 rings (SSSR count). The van der Waals surface area contributed by atoms with Gasteiger partial charge in [-0.25, -0.2) is 4.39 Å². The third-order valence-electron chi connectivity index (χ3n) is 2.23. The highest BCUT2D eigenvalue weighted by atomic mass is 19.2. The monoisotopic (exact) mass is 213 g/mol. The molecule has 0 saturated carbocycles. The highest BCUT2D eigenvalue weighted by Gasteiger charge is 2.33. The molecular weight excluding hydrogens is 207 g/mol. The number of fused-ring (bicyclic) bond motifs is 1. The largest absolute Gasteiger partial charge is 0.298 e. The lowest BCUT2D eigenvalue weighted by molar-refractivity contribution is -0.105. The van der Waals surface area contributed by atoms with Crippen LogP contribution in [0.5, 0.6) is 0 Å². The second-order valence-electron chi connectivity index (χ2n) is 3.07. The van der Waals surface area contributed by atoms with Crippen LogP contribution in [-0.4, -0.2) is 6.29 Å². The van der Waals surface area contributed by atoms with Crippen molar-refractivity contribution in [3.8, 4) is 0 Å². The molecule has 15 heavy (non-hydrogen) atoms. The molecule has 1 heterocycles. The van der Waals surface area contributed by atoms with Gasteiger partial charge < -0.3 is 0 Å². The fraction of sp³-hybridized carbons (Fsp3) is 0.100. The highest BCUT2D eigenvalue weighted by Crippen LogP contribution is 2.41. The molecule has 78 valence electrons. The molecule has 1 atom stereocenters. The molecule has 0 aliphatic carbocycles. The van der Waals surface area contributed by atoms with Crippen molar-refractivity contribution in [3.05, 3.63) is 41.4 Å². The first-order valence-electron chi connectivity index (χ1n) is 4.20. The van der Waals surface area contributed by atoms with Gasteiger partial charge in [-0.1, -0.05) is 22.7 Å². The van der Waals surface area contributed by atoms with Crippen molar-refractivity contribution >= 4 is 12.0 Å². The van der Waals surface area contributed by atoms with Crippen molar-refractivity contribution in [1.82, 2.24) is 0 Å². The van der Waals surface area contributed by atoms with Crippen LogP contribution >= 0.6 is 0 Å². The van der Waals surface area contributed by atoms with E-state index in [0.29, 0.717) is 0 Å². The topological polar surface area (TPSA) is 20.3 Å². The minimum absolute atomic E-state index is 0.0114. The Morgan fingerprint density at radius 1 is 1.33 bits per heavy atom. The molecule has 0 aromatic heterocycles. The van der Waals surface area contributed by atoms with Crippen LogP contribution in [0.25, 0.3) is 0 Å². The summed E-state index contributed by atoms with van der Waals surface area (Å²) in [5.41, 5.74) is -1.09. The zero-order chi connectivity index (χ0) is 11.0. The number of benzene rings is 1. The molecule has 1 unspecified atom stereocenters. The summed E-state index contributed by atoms with van der Waals surface area (Å²) in [6, 6.07) is 5.49. The first kappa shape index (κ1) is 9.76. The number of hydrogen-bond acceptors (Lipinski definition) is 2. The van der Waals surface area contributed by atoms with Crippen LogP contribution in [0, 0.1) is 0 Å². The summed E-state index contributed by atoms with van der Waals surface area (Å²) >= 11 is 0. The van der Waals surface area contributed by atoms with Crippen LogP contribution in [-0.2, 0) is 4.79 Å². The number of carbonyl (C=O) groups is 1. The normalized spacial score (nSPS) is 20.2. The number of allylic oxidation sites excluding steroid dienone is 1. The lowest BCUT2D eigenvalue weighted by Crippen LogP contribution is -2.20. The minimum atomic E-state index is -1.91. The Kier molecular flexibility index (Phi) is 2.22. The van der Waals surface area contributed by atoms with E-state index in [9.17, 15) is 18.1 Å². The maximum absolute atomic E-state index is 13.5. The van der Waals surface area contributed by atoms with E-state index >= 15 is 0 Å². The molecule has 0 saturated heterocycles. The fourth-order valence-corrected chi connectivity index (χ4v) is 1.48. The minimum Gasteiger partial charge on any atom is -0.298 e. The number of halogens is 3. The molecule has 0 bridgehead atoms. The van der Waals surface area contributed by atoms with E-state index in [4.69, 9.17) is 0 Å². The van der Waals surface area contributed by atoms with Crippen molar-refractivity contribution in [3.63, 3.8) is 0 Å². The Hall–Kier alpha value is -1.78. The van der Waals surface area contributed by atoms with E-state index < -0.39 is 17.7 Å². The lowest BCUT2D eigenvalue weighted by atomic mass is 9.99. The van der Waals surface area contributed by atoms with Crippen molar-refractivity contribution in [1.29, 1.82) is 0 Å². The van der Waals surface area contributed by atoms with Gasteiger partial charge in [0.1, 0.15) is 0 Å². The predicted molar refractivity (Wildman–Crippen MR) is 48.1 cm³/mol. The first-order valence-corrected chi connectivity index (χ1v) is 4.20. The molecule has 5 heteroatoms. The van der Waals surface area contributed by atoms with Crippen LogP contribution in [0.1, 0.15) is 11.7 Å². The Morgan fingerprint density at radius 3 is 2.67 bits per heavy atom. The van der Waals surface area contributed by atoms with Crippen LogP contribution < -0.4 is 5.12 Å². The molecule has 1 aliphatic heterocycles. The average molecular weight is 213 g/mol. The summed E-state index contributed by atoms with van der Waals surface area (Å²) in [5.74, 6) is -1.49. The maximum Gasteiger partial charge on any atom is 0.232 e. The van der Waals surface area contributed by atoms with Gasteiger partial charge in [-0.05, 0) is 6.07 Å². The van der Waals surface area contributed by atoms with Crippen LogP contribution in [0.3, 0.4) is 0 Å². The predicted octanol–water partition coefficient (Wildman–Crippen LogP) is 2.78. The molecule has 0 amide bonds. The number of alkyl halides is 1. The second-order valence-corrected chi connectivity index (χ2v) is 3.07. The Morgan fingerprint density at radius 2 is 2.00 bits per heavy atom. The molecule has 0 fully saturated rings. The molecule has 1 aromatic rings. The lowest BCUT2D eigenvalue weighted by Gasteiger charge is -2.24. The number of hydrogen-bond donors (Lipinski definition) is 0. The molecule has 0 spiro atoms. The third kappa shape index (κ3) is 1.31. The smallest absolute Gasteiger partial charge is 0.232 e. The Bertz CT molecular complexity index is 444.